The van der Waals surface area contributed by atoms with Crippen molar-refractivity contribution < 1.29 is 0 Å². The first-order chi connectivity index (χ1) is 7.27. The van der Waals surface area contributed by atoms with Crippen LogP contribution in [0.2, 0.25) is 0 Å². The lowest BCUT2D eigenvalue weighted by Crippen LogP contribution is -2.08. The molecule has 2 aromatic rings. The lowest BCUT2D eigenvalue weighted by Gasteiger charge is -2.15. The third-order valence-corrected chi connectivity index (χ3v) is 2.51. The molecular formula is C12H15N3. The maximum absolute atomic E-state index is 4.14. The molecule has 15 heavy (non-hydrogen) atoms. The van der Waals surface area contributed by atoms with Crippen molar-refractivity contribution >= 4 is 5.95 Å². The topological polar surface area (TPSA) is 40.7 Å². The predicted molar refractivity (Wildman–Crippen MR) is 61.8 cm³/mol. The van der Waals surface area contributed by atoms with Crippen LogP contribution in [0, 0.1) is 6.92 Å². The van der Waals surface area contributed by atoms with E-state index in [1.807, 2.05) is 6.20 Å². The monoisotopic (exact) mass is 201 g/mol. The number of nitrogens with one attached hydrogen (secondary N) is 2. The SMILES string of the molecule is Cc1ccccc1C(C)Nc1ncc[nH]1. The van der Waals surface area contributed by atoms with Crippen LogP contribution in [0.15, 0.2) is 36.7 Å². The highest BCUT2D eigenvalue weighted by molar-refractivity contribution is 5.35. The normalized spacial score (nSPS) is 12.4. The lowest BCUT2D eigenvalue weighted by molar-refractivity contribution is 0.858. The number of hydrogen-bond acceptors (Lipinski definition) is 2. The zero-order valence-electron chi connectivity index (χ0n) is 8.99. The minimum atomic E-state index is 0.261. The van der Waals surface area contributed by atoms with Gasteiger partial charge < -0.3 is 10.3 Å². The second-order valence-electron chi connectivity index (χ2n) is 3.66. The first kappa shape index (κ1) is 9.77. The molecule has 0 spiro atoms. The molecule has 1 unspecified atom stereocenters. The van der Waals surface area contributed by atoms with Gasteiger partial charge in [0.05, 0.1) is 6.04 Å². The summed E-state index contributed by atoms with van der Waals surface area (Å²) in [5.74, 6) is 0.811. The second kappa shape index (κ2) is 4.17. The van der Waals surface area contributed by atoms with Crippen molar-refractivity contribution in [2.45, 2.75) is 19.9 Å². The Hall–Kier alpha value is -1.77. The number of imidazole rings is 1. The van der Waals surface area contributed by atoms with Gasteiger partial charge in [0, 0.05) is 12.4 Å². The molecular weight excluding hydrogens is 186 g/mol. The van der Waals surface area contributed by atoms with Crippen LogP contribution in [0.5, 0.6) is 0 Å². The van der Waals surface area contributed by atoms with Gasteiger partial charge in [0.1, 0.15) is 0 Å². The Labute approximate surface area is 89.6 Å². The van der Waals surface area contributed by atoms with Gasteiger partial charge in [0.2, 0.25) is 5.95 Å². The molecule has 0 fully saturated rings. The van der Waals surface area contributed by atoms with Gasteiger partial charge in [-0.15, -0.1) is 0 Å². The minimum Gasteiger partial charge on any atom is -0.349 e. The Bertz CT molecular complexity index is 420. The summed E-state index contributed by atoms with van der Waals surface area (Å²) in [5.41, 5.74) is 2.60. The minimum absolute atomic E-state index is 0.261. The van der Waals surface area contributed by atoms with E-state index in [1.54, 1.807) is 6.20 Å². The van der Waals surface area contributed by atoms with E-state index in [2.05, 4.69) is 53.4 Å². The molecule has 0 bridgehead atoms. The van der Waals surface area contributed by atoms with Crippen molar-refractivity contribution in [1.82, 2.24) is 9.97 Å². The van der Waals surface area contributed by atoms with Crippen LogP contribution in [0.4, 0.5) is 5.95 Å². The first-order valence-corrected chi connectivity index (χ1v) is 5.09. The third-order valence-electron chi connectivity index (χ3n) is 2.51. The quantitative estimate of drug-likeness (QED) is 0.801. The molecule has 1 atom stereocenters. The number of aromatic amines is 1. The van der Waals surface area contributed by atoms with Gasteiger partial charge >= 0.3 is 0 Å². The number of aromatic nitrogens is 2. The molecule has 0 amide bonds. The van der Waals surface area contributed by atoms with Crippen molar-refractivity contribution in [3.05, 3.63) is 47.8 Å². The Kier molecular flexibility index (Phi) is 2.72. The molecule has 2 rings (SSSR count). The largest absolute Gasteiger partial charge is 0.349 e. The van der Waals surface area contributed by atoms with Gasteiger partial charge in [0.25, 0.3) is 0 Å². The number of H-pyrrole nitrogens is 1. The van der Waals surface area contributed by atoms with Crippen LogP contribution in [-0.2, 0) is 0 Å². The number of rotatable bonds is 3. The highest BCUT2D eigenvalue weighted by Gasteiger charge is 2.07. The fourth-order valence-corrected chi connectivity index (χ4v) is 1.70. The Balaban J connectivity index is 2.15. The van der Waals surface area contributed by atoms with Crippen LogP contribution < -0.4 is 5.32 Å². The number of hydrogen-bond donors (Lipinski definition) is 2. The number of anilines is 1. The van der Waals surface area contributed by atoms with E-state index in [4.69, 9.17) is 0 Å². The second-order valence-corrected chi connectivity index (χ2v) is 3.66. The molecule has 3 nitrogen and oxygen atoms in total. The Morgan fingerprint density at radius 3 is 2.80 bits per heavy atom. The van der Waals surface area contributed by atoms with Crippen molar-refractivity contribution in [1.29, 1.82) is 0 Å². The molecule has 1 aromatic carbocycles. The van der Waals surface area contributed by atoms with Gasteiger partial charge in [0.15, 0.2) is 0 Å². The summed E-state index contributed by atoms with van der Waals surface area (Å²) >= 11 is 0. The van der Waals surface area contributed by atoms with E-state index in [0.29, 0.717) is 0 Å². The fraction of sp³-hybridized carbons (Fsp3) is 0.250. The molecule has 0 aliphatic rings. The summed E-state index contributed by atoms with van der Waals surface area (Å²) in [5, 5.41) is 3.31. The Morgan fingerprint density at radius 1 is 1.33 bits per heavy atom. The van der Waals surface area contributed by atoms with Gasteiger partial charge in [-0.3, -0.25) is 0 Å². The number of benzene rings is 1. The van der Waals surface area contributed by atoms with Crippen LogP contribution in [0.25, 0.3) is 0 Å². The molecule has 0 radical (unpaired) electrons. The number of aryl methyl sites for hydroxylation is 1. The smallest absolute Gasteiger partial charge is 0.200 e. The average molecular weight is 201 g/mol. The van der Waals surface area contributed by atoms with Crippen LogP contribution in [0.3, 0.4) is 0 Å². The van der Waals surface area contributed by atoms with Gasteiger partial charge in [-0.05, 0) is 25.0 Å². The molecule has 2 N–H and O–H groups in total. The van der Waals surface area contributed by atoms with Crippen LogP contribution in [0.1, 0.15) is 24.1 Å². The highest BCUT2D eigenvalue weighted by Crippen LogP contribution is 2.19. The van der Waals surface area contributed by atoms with E-state index in [0.717, 1.165) is 5.95 Å². The summed E-state index contributed by atoms with van der Waals surface area (Å²) in [6.07, 6.45) is 3.56. The van der Waals surface area contributed by atoms with Gasteiger partial charge in [-0.1, -0.05) is 24.3 Å². The lowest BCUT2D eigenvalue weighted by atomic mass is 10.0. The predicted octanol–water partition coefficient (Wildman–Crippen LogP) is 2.89. The van der Waals surface area contributed by atoms with Crippen molar-refractivity contribution in [3.8, 4) is 0 Å². The fourth-order valence-electron chi connectivity index (χ4n) is 1.70. The maximum Gasteiger partial charge on any atom is 0.200 e. The van der Waals surface area contributed by atoms with Crippen molar-refractivity contribution in [3.63, 3.8) is 0 Å². The van der Waals surface area contributed by atoms with E-state index < -0.39 is 0 Å². The molecule has 78 valence electrons. The Morgan fingerprint density at radius 2 is 2.13 bits per heavy atom. The zero-order chi connectivity index (χ0) is 10.7. The van der Waals surface area contributed by atoms with E-state index in [1.165, 1.54) is 11.1 Å². The van der Waals surface area contributed by atoms with Crippen LogP contribution in [-0.4, -0.2) is 9.97 Å². The molecule has 3 heteroatoms. The summed E-state index contributed by atoms with van der Waals surface area (Å²) < 4.78 is 0. The highest BCUT2D eigenvalue weighted by atomic mass is 15.1. The van der Waals surface area contributed by atoms with Crippen molar-refractivity contribution in [2.24, 2.45) is 0 Å². The summed E-state index contributed by atoms with van der Waals surface area (Å²) in [4.78, 5) is 7.18. The molecule has 0 saturated heterocycles. The van der Waals surface area contributed by atoms with Crippen LogP contribution >= 0.6 is 0 Å². The van der Waals surface area contributed by atoms with Gasteiger partial charge in [-0.2, -0.15) is 0 Å². The molecule has 0 aliphatic heterocycles. The van der Waals surface area contributed by atoms with E-state index >= 15 is 0 Å². The number of nitrogens with zero attached hydrogens (tertiary/aromatic N) is 1. The molecule has 0 saturated carbocycles. The third kappa shape index (κ3) is 2.18. The molecule has 1 aromatic heterocycles. The van der Waals surface area contributed by atoms with E-state index in [9.17, 15) is 0 Å². The molecule has 1 heterocycles. The van der Waals surface area contributed by atoms with Crippen molar-refractivity contribution in [2.75, 3.05) is 5.32 Å². The van der Waals surface area contributed by atoms with Gasteiger partial charge in [-0.25, -0.2) is 4.98 Å². The van der Waals surface area contributed by atoms with E-state index in [-0.39, 0.29) is 6.04 Å². The molecule has 0 aliphatic carbocycles. The maximum atomic E-state index is 4.14. The standard InChI is InChI=1S/C12H15N3/c1-9-5-3-4-6-11(9)10(2)15-12-13-7-8-14-12/h3-8,10H,1-2H3,(H2,13,14,15). The summed E-state index contributed by atoms with van der Waals surface area (Å²) in [7, 11) is 0. The zero-order valence-corrected chi connectivity index (χ0v) is 8.99. The average Bonchev–Trinajstić information content (AvgIpc) is 2.71. The first-order valence-electron chi connectivity index (χ1n) is 5.09. The summed E-state index contributed by atoms with van der Waals surface area (Å²) in [6.45, 7) is 4.25. The summed E-state index contributed by atoms with van der Waals surface area (Å²) in [6, 6.07) is 8.63.